The van der Waals surface area contributed by atoms with Crippen molar-refractivity contribution < 1.29 is 13.7 Å². The summed E-state index contributed by atoms with van der Waals surface area (Å²) in [6, 6.07) is 10.8. The van der Waals surface area contributed by atoms with E-state index in [-0.39, 0.29) is 12.4 Å². The maximum atomic E-state index is 14.2. The summed E-state index contributed by atoms with van der Waals surface area (Å²) >= 11 is 0. The molecule has 0 amide bonds. The van der Waals surface area contributed by atoms with Crippen LogP contribution in [0.3, 0.4) is 0 Å². The molecule has 2 aliphatic rings. The van der Waals surface area contributed by atoms with E-state index in [1.807, 2.05) is 38.3 Å². The Labute approximate surface area is 228 Å². The number of fused-ring (bicyclic) bond motifs is 3. The highest BCUT2D eigenvalue weighted by Crippen LogP contribution is 2.44. The van der Waals surface area contributed by atoms with E-state index < -0.39 is 5.76 Å². The van der Waals surface area contributed by atoms with Gasteiger partial charge in [0.25, 0.3) is 0 Å². The maximum absolute atomic E-state index is 14.2. The van der Waals surface area contributed by atoms with Crippen LogP contribution in [0.1, 0.15) is 65.1 Å². The van der Waals surface area contributed by atoms with Crippen LogP contribution in [0.15, 0.2) is 58.1 Å². The van der Waals surface area contributed by atoms with E-state index in [2.05, 4.69) is 37.7 Å². The summed E-state index contributed by atoms with van der Waals surface area (Å²) in [5.74, 6) is 1.04. The Bertz CT molecular complexity index is 1880. The SMILES string of the molecule is C/C(=C1/c2ccc(Cc3c(C4CC4)nc4c(N(C)C)nccn34)cc2COc2cc(F)ccc21)c1noc(=O)[nH]1. The van der Waals surface area contributed by atoms with Gasteiger partial charge < -0.3 is 9.64 Å². The number of ether oxygens (including phenoxy) is 1. The van der Waals surface area contributed by atoms with Crippen LogP contribution in [0, 0.1) is 5.82 Å². The normalized spacial score (nSPS) is 15.8. The fourth-order valence-electron chi connectivity index (χ4n) is 5.56. The molecule has 202 valence electrons. The van der Waals surface area contributed by atoms with Crippen molar-refractivity contribution in [1.82, 2.24) is 24.5 Å². The third kappa shape index (κ3) is 4.07. The zero-order valence-corrected chi connectivity index (χ0v) is 22.4. The van der Waals surface area contributed by atoms with E-state index in [1.165, 1.54) is 12.1 Å². The number of imidazole rings is 1. The van der Waals surface area contributed by atoms with Crippen molar-refractivity contribution in [2.24, 2.45) is 0 Å². The zero-order valence-electron chi connectivity index (χ0n) is 22.4. The Morgan fingerprint density at radius 3 is 2.75 bits per heavy atom. The van der Waals surface area contributed by atoms with Crippen LogP contribution < -0.4 is 15.4 Å². The fourth-order valence-corrected chi connectivity index (χ4v) is 5.56. The summed E-state index contributed by atoms with van der Waals surface area (Å²) in [6.07, 6.45) is 6.78. The summed E-state index contributed by atoms with van der Waals surface area (Å²) in [5.41, 5.74) is 8.36. The molecule has 4 heterocycles. The fraction of sp³-hybridized carbons (Fsp3) is 0.267. The van der Waals surface area contributed by atoms with Crippen LogP contribution in [0.5, 0.6) is 5.75 Å². The molecule has 0 saturated heterocycles. The van der Waals surface area contributed by atoms with Gasteiger partial charge in [0.2, 0.25) is 0 Å². The van der Waals surface area contributed by atoms with Crippen LogP contribution in [-0.4, -0.2) is 38.6 Å². The Morgan fingerprint density at radius 1 is 1.18 bits per heavy atom. The van der Waals surface area contributed by atoms with Crippen molar-refractivity contribution >= 4 is 22.6 Å². The lowest BCUT2D eigenvalue weighted by molar-refractivity contribution is 0.305. The van der Waals surface area contributed by atoms with Crippen LogP contribution in [-0.2, 0) is 13.0 Å². The van der Waals surface area contributed by atoms with Crippen LogP contribution >= 0.6 is 0 Å². The van der Waals surface area contributed by atoms with Gasteiger partial charge in [0, 0.05) is 56.0 Å². The van der Waals surface area contributed by atoms with Gasteiger partial charge in [-0.3, -0.25) is 13.9 Å². The van der Waals surface area contributed by atoms with E-state index in [9.17, 15) is 9.18 Å². The van der Waals surface area contributed by atoms with Crippen LogP contribution in [0.2, 0.25) is 0 Å². The molecule has 7 rings (SSSR count). The molecule has 1 N–H and O–H groups in total. The van der Waals surface area contributed by atoms with Gasteiger partial charge >= 0.3 is 5.76 Å². The third-order valence-electron chi connectivity index (χ3n) is 7.62. The number of rotatable bonds is 5. The minimum absolute atomic E-state index is 0.267. The average Bonchev–Trinajstić information content (AvgIpc) is 3.63. The van der Waals surface area contributed by atoms with E-state index in [1.54, 1.807) is 6.07 Å². The van der Waals surface area contributed by atoms with Crippen LogP contribution in [0.25, 0.3) is 16.8 Å². The number of H-pyrrole nitrogens is 1. The first-order valence-corrected chi connectivity index (χ1v) is 13.2. The predicted octanol–water partition coefficient (Wildman–Crippen LogP) is 4.95. The molecule has 10 heteroatoms. The van der Waals surface area contributed by atoms with E-state index in [0.717, 1.165) is 63.5 Å². The summed E-state index contributed by atoms with van der Waals surface area (Å²) in [6.45, 7) is 2.12. The van der Waals surface area contributed by atoms with Crippen molar-refractivity contribution in [1.29, 1.82) is 0 Å². The highest BCUT2D eigenvalue weighted by atomic mass is 19.1. The summed E-state index contributed by atoms with van der Waals surface area (Å²) in [7, 11) is 3.96. The summed E-state index contributed by atoms with van der Waals surface area (Å²) in [4.78, 5) is 25.9. The van der Waals surface area contributed by atoms with Crippen molar-refractivity contribution in [3.05, 3.63) is 105 Å². The highest BCUT2D eigenvalue weighted by Gasteiger charge is 2.31. The topological polar surface area (TPSA) is 102 Å². The number of allylic oxidation sites excluding steroid dienone is 1. The molecule has 1 saturated carbocycles. The van der Waals surface area contributed by atoms with Gasteiger partial charge in [0.15, 0.2) is 17.3 Å². The number of hydrogen-bond donors (Lipinski definition) is 1. The number of anilines is 1. The van der Waals surface area contributed by atoms with E-state index >= 15 is 0 Å². The second-order valence-electron chi connectivity index (χ2n) is 10.6. The first kappa shape index (κ1) is 24.3. The standard InChI is InChI=1S/C30H27FN6O3/c1-16(27-34-30(38)40-35-27)25-21-8-4-17(12-19(21)15-39-24-14-20(31)7-9-22(24)25)13-23-26(18-5-6-18)33-29-28(36(2)3)32-10-11-37(23)29/h4,7-12,14,18H,5-6,13,15H2,1-3H3,(H,34,35,38)/b25-16+. The minimum Gasteiger partial charge on any atom is -0.488 e. The summed E-state index contributed by atoms with van der Waals surface area (Å²) < 4.78 is 27.3. The molecule has 0 atom stereocenters. The Kier molecular flexibility index (Phi) is 5.58. The molecule has 1 aliphatic carbocycles. The quantitative estimate of drug-likeness (QED) is 0.338. The number of nitrogens with zero attached hydrogens (tertiary/aromatic N) is 5. The van der Waals surface area contributed by atoms with Gasteiger partial charge in [-0.1, -0.05) is 23.4 Å². The molecule has 40 heavy (non-hydrogen) atoms. The van der Waals surface area contributed by atoms with Crippen molar-refractivity contribution in [2.75, 3.05) is 19.0 Å². The van der Waals surface area contributed by atoms with Crippen molar-refractivity contribution in [3.63, 3.8) is 0 Å². The van der Waals surface area contributed by atoms with Gasteiger partial charge in [-0.15, -0.1) is 0 Å². The Hall–Kier alpha value is -4.73. The molecule has 0 unspecified atom stereocenters. The monoisotopic (exact) mass is 538 g/mol. The molecule has 3 aromatic heterocycles. The van der Waals surface area contributed by atoms with Gasteiger partial charge in [-0.05, 0) is 54.2 Å². The lowest BCUT2D eigenvalue weighted by Crippen LogP contribution is -2.12. The molecule has 1 fully saturated rings. The number of aromatic amines is 1. The number of benzene rings is 2. The van der Waals surface area contributed by atoms with Crippen LogP contribution in [0.4, 0.5) is 10.2 Å². The molecule has 5 aromatic rings. The smallest absolute Gasteiger partial charge is 0.439 e. The largest absolute Gasteiger partial charge is 0.488 e. The number of nitrogens with one attached hydrogen (secondary N) is 1. The van der Waals surface area contributed by atoms with Gasteiger partial charge in [-0.25, -0.2) is 19.2 Å². The van der Waals surface area contributed by atoms with Crippen molar-refractivity contribution in [3.8, 4) is 5.75 Å². The molecule has 0 bridgehead atoms. The highest BCUT2D eigenvalue weighted by molar-refractivity contribution is 5.99. The molecular weight excluding hydrogens is 511 g/mol. The van der Waals surface area contributed by atoms with E-state index in [4.69, 9.17) is 14.2 Å². The molecule has 0 spiro atoms. The predicted molar refractivity (Wildman–Crippen MR) is 148 cm³/mol. The second kappa shape index (κ2) is 9.18. The third-order valence-corrected chi connectivity index (χ3v) is 7.62. The molecule has 1 aliphatic heterocycles. The molecule has 0 radical (unpaired) electrons. The minimum atomic E-state index is -0.637. The van der Waals surface area contributed by atoms with E-state index in [0.29, 0.717) is 29.5 Å². The average molecular weight is 539 g/mol. The van der Waals surface area contributed by atoms with Crippen molar-refractivity contribution in [2.45, 2.75) is 38.7 Å². The molecule has 2 aromatic carbocycles. The van der Waals surface area contributed by atoms with Gasteiger partial charge in [0.05, 0.1) is 11.4 Å². The lowest BCUT2D eigenvalue weighted by Gasteiger charge is -2.15. The molecular formula is C30H27FN6O3. The van der Waals surface area contributed by atoms with Gasteiger partial charge in [-0.2, -0.15) is 0 Å². The lowest BCUT2D eigenvalue weighted by atomic mass is 9.89. The second-order valence-corrected chi connectivity index (χ2v) is 10.6. The maximum Gasteiger partial charge on any atom is 0.439 e. The first-order valence-electron chi connectivity index (χ1n) is 13.2. The first-order chi connectivity index (χ1) is 19.4. The number of aromatic nitrogens is 5. The number of halogens is 1. The zero-order chi connectivity index (χ0) is 27.5. The Balaban J connectivity index is 1.35. The summed E-state index contributed by atoms with van der Waals surface area (Å²) in [5, 5.41) is 3.90. The van der Waals surface area contributed by atoms with Gasteiger partial charge in [0.1, 0.15) is 18.2 Å². The molecule has 9 nitrogen and oxygen atoms in total. The Morgan fingerprint density at radius 2 is 2.00 bits per heavy atom. The number of hydrogen-bond acceptors (Lipinski definition) is 7.